The first kappa shape index (κ1) is 23.0. The highest BCUT2D eigenvalue weighted by molar-refractivity contribution is 6.32. The Balaban J connectivity index is 2.05. The van der Waals surface area contributed by atoms with Crippen LogP contribution in [0.15, 0.2) is 21.3 Å². The molecule has 0 saturated carbocycles. The van der Waals surface area contributed by atoms with E-state index >= 15 is 0 Å². The van der Waals surface area contributed by atoms with Crippen LogP contribution >= 0.6 is 11.6 Å². The van der Waals surface area contributed by atoms with Crippen LogP contribution in [0.1, 0.15) is 30.4 Å². The standard InChI is InChI=1S/C19H22ClN3O7/c1-9-10(18(28)30-15-8-14(24)12(20)7-11(9)15)4-5-16(25)23-13(17(26)27)3-2-6-22-19(21)29/h7-8,13,24H,2-6H2,1H3,(H,23,25)(H,26,27)(H3,21,22,29). The van der Waals surface area contributed by atoms with Crippen LogP contribution in [0.25, 0.3) is 11.0 Å². The minimum absolute atomic E-state index is 0.0318. The number of benzene rings is 1. The van der Waals surface area contributed by atoms with Crippen molar-refractivity contribution >= 4 is 40.5 Å². The third-order valence-electron chi connectivity index (χ3n) is 4.56. The summed E-state index contributed by atoms with van der Waals surface area (Å²) in [5, 5.41) is 24.3. The lowest BCUT2D eigenvalue weighted by Gasteiger charge is -2.15. The molecule has 1 aromatic heterocycles. The normalized spacial score (nSPS) is 11.8. The van der Waals surface area contributed by atoms with Gasteiger partial charge in [-0.3, -0.25) is 4.79 Å². The zero-order valence-corrected chi connectivity index (χ0v) is 16.9. The van der Waals surface area contributed by atoms with Crippen molar-refractivity contribution in [3.05, 3.63) is 38.7 Å². The molecule has 0 aliphatic heterocycles. The Morgan fingerprint density at radius 3 is 2.63 bits per heavy atom. The number of aromatic hydroxyl groups is 1. The van der Waals surface area contributed by atoms with Crippen molar-refractivity contribution in [1.82, 2.24) is 10.6 Å². The first-order valence-electron chi connectivity index (χ1n) is 9.10. The SMILES string of the molecule is Cc1c(CCC(=O)NC(CCCNC(N)=O)C(=O)O)c(=O)oc2cc(O)c(Cl)cc12. The van der Waals surface area contributed by atoms with Gasteiger partial charge in [0.1, 0.15) is 17.4 Å². The Kier molecular flexibility index (Phi) is 7.65. The molecule has 11 heteroatoms. The molecule has 0 radical (unpaired) electrons. The van der Waals surface area contributed by atoms with Crippen molar-refractivity contribution in [2.75, 3.05) is 6.54 Å². The Morgan fingerprint density at radius 1 is 1.30 bits per heavy atom. The number of halogens is 1. The number of aryl methyl sites for hydroxylation is 1. The predicted octanol–water partition coefficient (Wildman–Crippen LogP) is 1.41. The second-order valence-corrected chi connectivity index (χ2v) is 7.09. The molecule has 0 aliphatic rings. The number of rotatable bonds is 9. The van der Waals surface area contributed by atoms with E-state index in [-0.39, 0.29) is 47.7 Å². The number of amides is 3. The van der Waals surface area contributed by atoms with Crippen molar-refractivity contribution in [2.45, 2.75) is 38.6 Å². The molecule has 3 amide bonds. The topological polar surface area (TPSA) is 172 Å². The molecule has 0 bridgehead atoms. The number of phenols is 1. The Labute approximate surface area is 176 Å². The molecule has 10 nitrogen and oxygen atoms in total. The molecule has 0 saturated heterocycles. The van der Waals surface area contributed by atoms with Crippen molar-refractivity contribution < 1.29 is 29.0 Å². The molecule has 0 spiro atoms. The maximum Gasteiger partial charge on any atom is 0.339 e. The number of carboxylic acids is 1. The summed E-state index contributed by atoms with van der Waals surface area (Å²) in [5.74, 6) is -1.98. The smallest absolute Gasteiger partial charge is 0.339 e. The fourth-order valence-corrected chi connectivity index (χ4v) is 3.13. The number of aliphatic carboxylic acids is 1. The number of hydrogen-bond acceptors (Lipinski definition) is 6. The van der Waals surface area contributed by atoms with Gasteiger partial charge in [0.2, 0.25) is 5.91 Å². The summed E-state index contributed by atoms with van der Waals surface area (Å²) in [6.45, 7) is 1.86. The van der Waals surface area contributed by atoms with Crippen LogP contribution in [0.2, 0.25) is 5.02 Å². The van der Waals surface area contributed by atoms with E-state index < -0.39 is 29.6 Å². The Morgan fingerprint density at radius 2 is 2.00 bits per heavy atom. The summed E-state index contributed by atoms with van der Waals surface area (Å²) in [6.07, 6.45) is 0.303. The molecule has 162 valence electrons. The molecule has 2 aromatic rings. The maximum absolute atomic E-state index is 12.3. The minimum atomic E-state index is -1.21. The summed E-state index contributed by atoms with van der Waals surface area (Å²) in [7, 11) is 0. The van der Waals surface area contributed by atoms with E-state index in [0.29, 0.717) is 17.4 Å². The van der Waals surface area contributed by atoms with Crippen LogP contribution in [0.5, 0.6) is 5.75 Å². The number of hydrogen-bond donors (Lipinski definition) is 5. The van der Waals surface area contributed by atoms with Gasteiger partial charge in [0, 0.05) is 30.0 Å². The molecule has 1 unspecified atom stereocenters. The van der Waals surface area contributed by atoms with Crippen molar-refractivity contribution in [3.63, 3.8) is 0 Å². The highest BCUT2D eigenvalue weighted by atomic mass is 35.5. The highest BCUT2D eigenvalue weighted by Crippen LogP contribution is 2.30. The molecule has 0 fully saturated rings. The van der Waals surface area contributed by atoms with Gasteiger partial charge in [-0.1, -0.05) is 11.6 Å². The van der Waals surface area contributed by atoms with Crippen molar-refractivity contribution in [3.8, 4) is 5.75 Å². The largest absolute Gasteiger partial charge is 0.506 e. The van der Waals surface area contributed by atoms with Crippen LogP contribution in [-0.4, -0.2) is 40.7 Å². The third-order valence-corrected chi connectivity index (χ3v) is 4.86. The van der Waals surface area contributed by atoms with Gasteiger partial charge < -0.3 is 31.0 Å². The fraction of sp³-hybridized carbons (Fsp3) is 0.368. The average molecular weight is 440 g/mol. The minimum Gasteiger partial charge on any atom is -0.506 e. The van der Waals surface area contributed by atoms with E-state index in [2.05, 4.69) is 10.6 Å². The molecule has 2 rings (SSSR count). The van der Waals surface area contributed by atoms with E-state index in [4.69, 9.17) is 21.8 Å². The van der Waals surface area contributed by atoms with E-state index in [1.54, 1.807) is 6.92 Å². The first-order valence-corrected chi connectivity index (χ1v) is 9.48. The quantitative estimate of drug-likeness (QED) is 0.290. The van der Waals surface area contributed by atoms with Gasteiger partial charge in [0.15, 0.2) is 0 Å². The molecule has 1 aromatic carbocycles. The molecule has 0 aliphatic carbocycles. The van der Waals surface area contributed by atoms with Crippen LogP contribution in [0, 0.1) is 6.92 Å². The van der Waals surface area contributed by atoms with Crippen LogP contribution in [-0.2, 0) is 16.0 Å². The monoisotopic (exact) mass is 439 g/mol. The summed E-state index contributed by atoms with van der Waals surface area (Å²) in [4.78, 5) is 46.4. The molecule has 1 heterocycles. The number of nitrogens with two attached hydrogens (primary N) is 1. The van der Waals surface area contributed by atoms with E-state index in [1.165, 1.54) is 12.1 Å². The number of carboxylic acid groups (broad SMARTS) is 1. The summed E-state index contributed by atoms with van der Waals surface area (Å²) >= 11 is 5.92. The number of carbonyl (C=O) groups is 3. The van der Waals surface area contributed by atoms with E-state index in [1.807, 2.05) is 0 Å². The van der Waals surface area contributed by atoms with Gasteiger partial charge in [0.05, 0.1) is 5.02 Å². The summed E-state index contributed by atoms with van der Waals surface area (Å²) < 4.78 is 5.20. The molecule has 30 heavy (non-hydrogen) atoms. The lowest BCUT2D eigenvalue weighted by molar-refractivity contribution is -0.142. The molecular weight excluding hydrogens is 418 g/mol. The summed E-state index contributed by atoms with van der Waals surface area (Å²) in [5.41, 5.74) is 5.27. The molecular formula is C19H22ClN3O7. The van der Waals surface area contributed by atoms with Gasteiger partial charge >= 0.3 is 17.6 Å². The number of carbonyl (C=O) groups excluding carboxylic acids is 2. The van der Waals surface area contributed by atoms with E-state index in [9.17, 15) is 29.4 Å². The number of phenolic OH excluding ortho intramolecular Hbond substituents is 1. The van der Waals surface area contributed by atoms with Gasteiger partial charge in [-0.05, 0) is 37.8 Å². The predicted molar refractivity (Wildman–Crippen MR) is 109 cm³/mol. The number of primary amides is 1. The summed E-state index contributed by atoms with van der Waals surface area (Å²) in [6, 6.07) is 0.858. The zero-order valence-electron chi connectivity index (χ0n) is 16.2. The van der Waals surface area contributed by atoms with Gasteiger partial charge in [-0.25, -0.2) is 14.4 Å². The lowest BCUT2D eigenvalue weighted by Crippen LogP contribution is -2.41. The number of urea groups is 1. The van der Waals surface area contributed by atoms with Gasteiger partial charge in [-0.2, -0.15) is 0 Å². The van der Waals surface area contributed by atoms with Crippen LogP contribution in [0.4, 0.5) is 4.79 Å². The van der Waals surface area contributed by atoms with E-state index in [0.717, 1.165) is 0 Å². The fourth-order valence-electron chi connectivity index (χ4n) is 2.97. The average Bonchev–Trinajstić information content (AvgIpc) is 2.65. The lowest BCUT2D eigenvalue weighted by atomic mass is 10.0. The highest BCUT2D eigenvalue weighted by Gasteiger charge is 2.20. The number of nitrogens with one attached hydrogen (secondary N) is 2. The first-order chi connectivity index (χ1) is 14.1. The second kappa shape index (κ2) is 9.97. The number of fused-ring (bicyclic) bond motifs is 1. The van der Waals surface area contributed by atoms with Crippen molar-refractivity contribution in [1.29, 1.82) is 0 Å². The third kappa shape index (κ3) is 5.86. The second-order valence-electron chi connectivity index (χ2n) is 6.68. The molecule has 6 N–H and O–H groups in total. The Hall–Kier alpha value is -3.27. The zero-order chi connectivity index (χ0) is 22.4. The maximum atomic E-state index is 12.3. The van der Waals surface area contributed by atoms with Gasteiger partial charge in [-0.15, -0.1) is 0 Å². The Bertz CT molecular complexity index is 1030. The molecule has 1 atom stereocenters. The van der Waals surface area contributed by atoms with Crippen molar-refractivity contribution in [2.24, 2.45) is 5.73 Å². The van der Waals surface area contributed by atoms with Gasteiger partial charge in [0.25, 0.3) is 0 Å². The van der Waals surface area contributed by atoms with Crippen LogP contribution < -0.4 is 22.0 Å². The van der Waals surface area contributed by atoms with Crippen LogP contribution in [0.3, 0.4) is 0 Å².